The average molecular weight is 427 g/mol. The molecule has 2 aliphatic rings. The van der Waals surface area contributed by atoms with Gasteiger partial charge in [0.15, 0.2) is 0 Å². The zero-order valence-electron chi connectivity index (χ0n) is 17.4. The van der Waals surface area contributed by atoms with Crippen LogP contribution in [-0.2, 0) is 4.79 Å². The molecule has 1 aliphatic carbocycles. The van der Waals surface area contributed by atoms with Gasteiger partial charge in [-0.2, -0.15) is 0 Å². The van der Waals surface area contributed by atoms with Crippen molar-refractivity contribution in [2.24, 2.45) is 5.92 Å². The molecule has 2 aromatic rings. The van der Waals surface area contributed by atoms with Gasteiger partial charge in [-0.15, -0.1) is 0 Å². The first-order valence-corrected chi connectivity index (χ1v) is 10.9. The third kappa shape index (κ3) is 5.10. The van der Waals surface area contributed by atoms with E-state index >= 15 is 0 Å². The zero-order valence-corrected chi connectivity index (χ0v) is 17.4. The van der Waals surface area contributed by atoms with E-state index in [4.69, 9.17) is 0 Å². The molecular weight excluding hydrogens is 400 g/mol. The highest BCUT2D eigenvalue weighted by molar-refractivity contribution is 5.95. The third-order valence-electron chi connectivity index (χ3n) is 6.29. The molecule has 0 radical (unpaired) electrons. The molecule has 1 saturated heterocycles. The SMILES string of the molecule is O=C(Nc1cccc(F)c1)C(C1CCCC1)N1CCN(C(=O)c2ccc(F)cc2)CC1. The molecule has 1 saturated carbocycles. The van der Waals surface area contributed by atoms with Gasteiger partial charge in [-0.05, 0) is 61.2 Å². The molecule has 7 heteroatoms. The highest BCUT2D eigenvalue weighted by atomic mass is 19.1. The summed E-state index contributed by atoms with van der Waals surface area (Å²) in [6.07, 6.45) is 4.21. The Balaban J connectivity index is 1.43. The van der Waals surface area contributed by atoms with Crippen LogP contribution in [-0.4, -0.2) is 53.8 Å². The maximum Gasteiger partial charge on any atom is 0.253 e. The molecule has 31 heavy (non-hydrogen) atoms. The number of hydrogen-bond donors (Lipinski definition) is 1. The molecular formula is C24H27F2N3O2. The highest BCUT2D eigenvalue weighted by Crippen LogP contribution is 2.32. The predicted octanol–water partition coefficient (Wildman–Crippen LogP) is 3.92. The van der Waals surface area contributed by atoms with Gasteiger partial charge in [0, 0.05) is 37.4 Å². The first-order valence-electron chi connectivity index (χ1n) is 10.9. The molecule has 1 unspecified atom stereocenters. The lowest BCUT2D eigenvalue weighted by Gasteiger charge is -2.40. The van der Waals surface area contributed by atoms with Crippen molar-refractivity contribution in [1.82, 2.24) is 9.80 Å². The standard InChI is InChI=1S/C24H27F2N3O2/c25-19-10-8-18(9-11-19)24(31)29-14-12-28(13-15-29)22(17-4-1-2-5-17)23(30)27-21-7-3-6-20(26)16-21/h3,6-11,16-17,22H,1-2,4-5,12-15H2,(H,27,30). The van der Waals surface area contributed by atoms with Crippen molar-refractivity contribution in [3.8, 4) is 0 Å². The molecule has 1 N–H and O–H groups in total. The summed E-state index contributed by atoms with van der Waals surface area (Å²) in [6.45, 7) is 2.19. The second-order valence-electron chi connectivity index (χ2n) is 8.32. The minimum absolute atomic E-state index is 0.115. The fourth-order valence-electron chi connectivity index (χ4n) is 4.71. The Morgan fingerprint density at radius 1 is 0.903 bits per heavy atom. The van der Waals surface area contributed by atoms with Gasteiger partial charge < -0.3 is 10.2 Å². The van der Waals surface area contributed by atoms with E-state index in [9.17, 15) is 18.4 Å². The number of nitrogens with zero attached hydrogens (tertiary/aromatic N) is 2. The summed E-state index contributed by atoms with van der Waals surface area (Å²) in [5, 5.41) is 2.89. The number of carbonyl (C=O) groups is 2. The summed E-state index contributed by atoms with van der Waals surface area (Å²) in [5.41, 5.74) is 0.921. The Bertz CT molecular complexity index is 921. The smallest absolute Gasteiger partial charge is 0.253 e. The monoisotopic (exact) mass is 427 g/mol. The van der Waals surface area contributed by atoms with Crippen molar-refractivity contribution in [2.75, 3.05) is 31.5 Å². The lowest BCUT2D eigenvalue weighted by molar-refractivity contribution is -0.123. The molecule has 0 aromatic heterocycles. The molecule has 1 aliphatic heterocycles. The van der Waals surface area contributed by atoms with Crippen LogP contribution in [0.3, 0.4) is 0 Å². The van der Waals surface area contributed by atoms with E-state index < -0.39 is 0 Å². The van der Waals surface area contributed by atoms with Crippen molar-refractivity contribution in [2.45, 2.75) is 31.7 Å². The Labute approximate surface area is 181 Å². The Morgan fingerprint density at radius 3 is 2.23 bits per heavy atom. The highest BCUT2D eigenvalue weighted by Gasteiger charge is 2.37. The van der Waals surface area contributed by atoms with Gasteiger partial charge in [0.05, 0.1) is 6.04 Å². The minimum Gasteiger partial charge on any atom is -0.336 e. The normalized spacial score (nSPS) is 18.7. The number of halogens is 2. The quantitative estimate of drug-likeness (QED) is 0.787. The number of anilines is 1. The summed E-state index contributed by atoms with van der Waals surface area (Å²) in [7, 11) is 0. The fraction of sp³-hybridized carbons (Fsp3) is 0.417. The first-order chi connectivity index (χ1) is 15.0. The topological polar surface area (TPSA) is 52.7 Å². The average Bonchev–Trinajstić information content (AvgIpc) is 3.29. The van der Waals surface area contributed by atoms with Gasteiger partial charge in [-0.3, -0.25) is 14.5 Å². The largest absolute Gasteiger partial charge is 0.336 e. The van der Waals surface area contributed by atoms with E-state index in [1.54, 1.807) is 17.0 Å². The van der Waals surface area contributed by atoms with Crippen LogP contribution in [0.2, 0.25) is 0 Å². The van der Waals surface area contributed by atoms with Crippen molar-refractivity contribution in [1.29, 1.82) is 0 Å². The number of nitrogens with one attached hydrogen (secondary N) is 1. The number of piperazine rings is 1. The van der Waals surface area contributed by atoms with Gasteiger partial charge in [-0.25, -0.2) is 8.78 Å². The van der Waals surface area contributed by atoms with Crippen LogP contribution < -0.4 is 5.32 Å². The van der Waals surface area contributed by atoms with Crippen molar-refractivity contribution < 1.29 is 18.4 Å². The van der Waals surface area contributed by atoms with Crippen LogP contribution >= 0.6 is 0 Å². The van der Waals surface area contributed by atoms with Crippen LogP contribution in [0.1, 0.15) is 36.0 Å². The molecule has 2 aromatic carbocycles. The van der Waals surface area contributed by atoms with Crippen LogP contribution in [0.15, 0.2) is 48.5 Å². The lowest BCUT2D eigenvalue weighted by atomic mass is 9.94. The van der Waals surface area contributed by atoms with E-state index in [-0.39, 0.29) is 35.4 Å². The number of rotatable bonds is 5. The maximum atomic E-state index is 13.5. The minimum atomic E-state index is -0.386. The first kappa shape index (κ1) is 21.4. The van der Waals surface area contributed by atoms with E-state index in [0.717, 1.165) is 25.7 Å². The summed E-state index contributed by atoms with van der Waals surface area (Å²) in [6, 6.07) is 11.2. The van der Waals surface area contributed by atoms with Crippen LogP contribution in [0.5, 0.6) is 0 Å². The molecule has 2 fully saturated rings. The predicted molar refractivity (Wildman–Crippen MR) is 115 cm³/mol. The fourth-order valence-corrected chi connectivity index (χ4v) is 4.71. The Morgan fingerprint density at radius 2 is 1.58 bits per heavy atom. The number of amides is 2. The van der Waals surface area contributed by atoms with E-state index in [0.29, 0.717) is 37.4 Å². The summed E-state index contributed by atoms with van der Waals surface area (Å²) in [5.74, 6) is -0.738. The second kappa shape index (κ2) is 9.56. The lowest BCUT2D eigenvalue weighted by Crippen LogP contribution is -2.56. The Hall–Kier alpha value is -2.80. The van der Waals surface area contributed by atoms with Crippen molar-refractivity contribution in [3.05, 3.63) is 65.7 Å². The zero-order chi connectivity index (χ0) is 21.8. The molecule has 1 heterocycles. The molecule has 4 rings (SSSR count). The van der Waals surface area contributed by atoms with E-state index in [1.807, 2.05) is 0 Å². The molecule has 0 spiro atoms. The number of carbonyl (C=O) groups excluding carboxylic acids is 2. The van der Waals surface area contributed by atoms with Crippen LogP contribution in [0.25, 0.3) is 0 Å². The third-order valence-corrected chi connectivity index (χ3v) is 6.29. The van der Waals surface area contributed by atoms with Gasteiger partial charge >= 0.3 is 0 Å². The maximum absolute atomic E-state index is 13.5. The van der Waals surface area contributed by atoms with Crippen LogP contribution in [0.4, 0.5) is 14.5 Å². The van der Waals surface area contributed by atoms with Gasteiger partial charge in [0.2, 0.25) is 5.91 Å². The van der Waals surface area contributed by atoms with Gasteiger partial charge in [-0.1, -0.05) is 18.9 Å². The van der Waals surface area contributed by atoms with Crippen molar-refractivity contribution in [3.63, 3.8) is 0 Å². The second-order valence-corrected chi connectivity index (χ2v) is 8.32. The molecule has 2 amide bonds. The summed E-state index contributed by atoms with van der Waals surface area (Å²) >= 11 is 0. The summed E-state index contributed by atoms with van der Waals surface area (Å²) < 4.78 is 26.7. The van der Waals surface area contributed by atoms with E-state index in [1.165, 1.54) is 36.4 Å². The summed E-state index contributed by atoms with van der Waals surface area (Å²) in [4.78, 5) is 29.8. The number of hydrogen-bond acceptors (Lipinski definition) is 3. The molecule has 0 bridgehead atoms. The molecule has 164 valence electrons. The van der Waals surface area contributed by atoms with E-state index in [2.05, 4.69) is 10.2 Å². The molecule has 5 nitrogen and oxygen atoms in total. The number of benzene rings is 2. The van der Waals surface area contributed by atoms with Gasteiger partial charge in [0.1, 0.15) is 11.6 Å². The Kier molecular flexibility index (Phi) is 6.61. The van der Waals surface area contributed by atoms with Crippen LogP contribution in [0, 0.1) is 17.6 Å². The van der Waals surface area contributed by atoms with Gasteiger partial charge in [0.25, 0.3) is 5.91 Å². The molecule has 1 atom stereocenters. The van der Waals surface area contributed by atoms with Crippen molar-refractivity contribution >= 4 is 17.5 Å².